The van der Waals surface area contributed by atoms with Crippen molar-refractivity contribution in [3.63, 3.8) is 0 Å². The number of benzene rings is 1. The predicted molar refractivity (Wildman–Crippen MR) is 66.1 cm³/mol. The van der Waals surface area contributed by atoms with Crippen molar-refractivity contribution in [2.75, 3.05) is 6.54 Å². The fraction of sp³-hybridized carbons (Fsp3) is 0.462. The second-order valence-electron chi connectivity index (χ2n) is 4.24. The maximum atomic E-state index is 11.4. The van der Waals surface area contributed by atoms with Crippen LogP contribution in [-0.4, -0.2) is 18.5 Å². The van der Waals surface area contributed by atoms with Gasteiger partial charge in [-0.25, -0.2) is 0 Å². The van der Waals surface area contributed by atoms with Gasteiger partial charge in [0.15, 0.2) is 0 Å². The molecule has 88 valence electrons. The van der Waals surface area contributed by atoms with Gasteiger partial charge in [-0.15, -0.1) is 0 Å². The van der Waals surface area contributed by atoms with Gasteiger partial charge in [0, 0.05) is 12.1 Å². The van der Waals surface area contributed by atoms with Gasteiger partial charge in [-0.05, 0) is 26.3 Å². The van der Waals surface area contributed by atoms with Crippen LogP contribution in [-0.2, 0) is 4.79 Å². The summed E-state index contributed by atoms with van der Waals surface area (Å²) in [6.07, 6.45) is 0. The van der Waals surface area contributed by atoms with Crippen LogP contribution in [0, 0.1) is 0 Å². The molecule has 0 saturated carbocycles. The van der Waals surface area contributed by atoms with Crippen molar-refractivity contribution < 1.29 is 4.79 Å². The van der Waals surface area contributed by atoms with Crippen LogP contribution in [0.3, 0.4) is 0 Å². The maximum Gasteiger partial charge on any atom is 0.234 e. The largest absolute Gasteiger partial charge is 0.353 e. The lowest BCUT2D eigenvalue weighted by molar-refractivity contribution is -0.120. The molecule has 1 aromatic rings. The Labute approximate surface area is 97.2 Å². The maximum absolute atomic E-state index is 11.4. The van der Waals surface area contributed by atoms with Crippen molar-refractivity contribution >= 4 is 5.91 Å². The zero-order valence-electron chi connectivity index (χ0n) is 10.2. The van der Waals surface area contributed by atoms with Crippen molar-refractivity contribution in [1.82, 2.24) is 10.6 Å². The summed E-state index contributed by atoms with van der Waals surface area (Å²) < 4.78 is 0. The van der Waals surface area contributed by atoms with Crippen LogP contribution < -0.4 is 10.6 Å². The van der Waals surface area contributed by atoms with E-state index < -0.39 is 0 Å². The van der Waals surface area contributed by atoms with Crippen LogP contribution in [0.15, 0.2) is 30.3 Å². The number of rotatable bonds is 5. The van der Waals surface area contributed by atoms with Crippen LogP contribution in [0.5, 0.6) is 0 Å². The molecule has 1 atom stereocenters. The summed E-state index contributed by atoms with van der Waals surface area (Å²) in [7, 11) is 0. The van der Waals surface area contributed by atoms with E-state index >= 15 is 0 Å². The second kappa shape index (κ2) is 6.28. The molecule has 1 unspecified atom stereocenters. The molecular formula is C13H20N2O. The zero-order valence-corrected chi connectivity index (χ0v) is 10.2. The molecule has 2 N–H and O–H groups in total. The molecule has 0 aromatic heterocycles. The van der Waals surface area contributed by atoms with Crippen LogP contribution in [0.4, 0.5) is 0 Å². The Morgan fingerprint density at radius 2 is 1.81 bits per heavy atom. The third-order valence-electron chi connectivity index (χ3n) is 2.32. The van der Waals surface area contributed by atoms with E-state index in [-0.39, 0.29) is 18.0 Å². The third-order valence-corrected chi connectivity index (χ3v) is 2.32. The number of carbonyl (C=O) groups is 1. The van der Waals surface area contributed by atoms with Gasteiger partial charge >= 0.3 is 0 Å². The van der Waals surface area contributed by atoms with E-state index in [1.165, 1.54) is 5.56 Å². The Morgan fingerprint density at radius 1 is 1.19 bits per heavy atom. The van der Waals surface area contributed by atoms with E-state index in [2.05, 4.69) is 29.7 Å². The van der Waals surface area contributed by atoms with Gasteiger partial charge in [-0.2, -0.15) is 0 Å². The SMILES string of the molecule is CC(C)NC(=O)CNC(C)c1ccccc1. The van der Waals surface area contributed by atoms with E-state index in [1.54, 1.807) is 0 Å². The van der Waals surface area contributed by atoms with E-state index in [4.69, 9.17) is 0 Å². The smallest absolute Gasteiger partial charge is 0.234 e. The Kier molecular flexibility index (Phi) is 4.99. The number of amides is 1. The summed E-state index contributed by atoms with van der Waals surface area (Å²) in [6, 6.07) is 10.5. The van der Waals surface area contributed by atoms with Crippen molar-refractivity contribution in [3.8, 4) is 0 Å². The molecule has 3 heteroatoms. The molecule has 0 aliphatic carbocycles. The number of hydrogen-bond acceptors (Lipinski definition) is 2. The number of nitrogens with one attached hydrogen (secondary N) is 2. The van der Waals surface area contributed by atoms with Gasteiger partial charge in [-0.3, -0.25) is 4.79 Å². The summed E-state index contributed by atoms with van der Waals surface area (Å²) in [5, 5.41) is 6.04. The molecule has 1 rings (SSSR count). The average Bonchev–Trinajstić information content (AvgIpc) is 2.26. The molecular weight excluding hydrogens is 200 g/mol. The summed E-state index contributed by atoms with van der Waals surface area (Å²) in [5.74, 6) is 0.0396. The molecule has 0 saturated heterocycles. The molecule has 3 nitrogen and oxygen atoms in total. The fourth-order valence-corrected chi connectivity index (χ4v) is 1.48. The van der Waals surface area contributed by atoms with Crippen molar-refractivity contribution in [2.24, 2.45) is 0 Å². The fourth-order valence-electron chi connectivity index (χ4n) is 1.48. The van der Waals surface area contributed by atoms with Gasteiger partial charge in [0.25, 0.3) is 0 Å². The molecule has 0 radical (unpaired) electrons. The highest BCUT2D eigenvalue weighted by Gasteiger charge is 2.07. The molecule has 0 heterocycles. The minimum atomic E-state index is 0.0396. The third kappa shape index (κ3) is 4.45. The summed E-state index contributed by atoms with van der Waals surface area (Å²) >= 11 is 0. The number of carbonyl (C=O) groups excluding carboxylic acids is 1. The quantitative estimate of drug-likeness (QED) is 0.795. The molecule has 0 aliphatic heterocycles. The summed E-state index contributed by atoms with van der Waals surface area (Å²) in [5.41, 5.74) is 1.19. The van der Waals surface area contributed by atoms with Crippen LogP contribution in [0.25, 0.3) is 0 Å². The second-order valence-corrected chi connectivity index (χ2v) is 4.24. The van der Waals surface area contributed by atoms with Crippen molar-refractivity contribution in [3.05, 3.63) is 35.9 Å². The van der Waals surface area contributed by atoms with E-state index in [0.717, 1.165) is 0 Å². The highest BCUT2D eigenvalue weighted by atomic mass is 16.1. The van der Waals surface area contributed by atoms with E-state index in [9.17, 15) is 4.79 Å². The minimum Gasteiger partial charge on any atom is -0.353 e. The molecule has 16 heavy (non-hydrogen) atoms. The monoisotopic (exact) mass is 220 g/mol. The Balaban J connectivity index is 2.36. The molecule has 0 aliphatic rings. The average molecular weight is 220 g/mol. The molecule has 0 bridgehead atoms. The normalized spacial score (nSPS) is 12.5. The van der Waals surface area contributed by atoms with E-state index in [0.29, 0.717) is 6.54 Å². The molecule has 1 aromatic carbocycles. The predicted octanol–water partition coefficient (Wildman–Crippen LogP) is 1.86. The lowest BCUT2D eigenvalue weighted by Crippen LogP contribution is -2.38. The van der Waals surface area contributed by atoms with Crippen molar-refractivity contribution in [1.29, 1.82) is 0 Å². The van der Waals surface area contributed by atoms with Crippen LogP contribution in [0.2, 0.25) is 0 Å². The van der Waals surface area contributed by atoms with Crippen LogP contribution >= 0.6 is 0 Å². The Bertz CT molecular complexity index is 322. The lowest BCUT2D eigenvalue weighted by Gasteiger charge is -2.15. The van der Waals surface area contributed by atoms with Gasteiger partial charge < -0.3 is 10.6 Å². The zero-order chi connectivity index (χ0) is 12.0. The highest BCUT2D eigenvalue weighted by Crippen LogP contribution is 2.10. The van der Waals surface area contributed by atoms with E-state index in [1.807, 2.05) is 32.0 Å². The summed E-state index contributed by atoms with van der Waals surface area (Å²) in [6.45, 7) is 6.32. The molecule has 0 fully saturated rings. The Hall–Kier alpha value is -1.35. The van der Waals surface area contributed by atoms with Gasteiger partial charge in [-0.1, -0.05) is 30.3 Å². The highest BCUT2D eigenvalue weighted by molar-refractivity contribution is 5.78. The standard InChI is InChI=1S/C13H20N2O/c1-10(2)15-13(16)9-14-11(3)12-7-5-4-6-8-12/h4-8,10-11,14H,9H2,1-3H3,(H,15,16). The molecule has 1 amide bonds. The van der Waals surface area contributed by atoms with Gasteiger partial charge in [0.05, 0.1) is 6.54 Å². The number of hydrogen-bond donors (Lipinski definition) is 2. The molecule has 0 spiro atoms. The van der Waals surface area contributed by atoms with Gasteiger partial charge in [0.1, 0.15) is 0 Å². The van der Waals surface area contributed by atoms with Gasteiger partial charge in [0.2, 0.25) is 5.91 Å². The summed E-state index contributed by atoms with van der Waals surface area (Å²) in [4.78, 5) is 11.4. The first kappa shape index (κ1) is 12.7. The first-order valence-corrected chi connectivity index (χ1v) is 5.67. The van der Waals surface area contributed by atoms with Crippen LogP contribution in [0.1, 0.15) is 32.4 Å². The van der Waals surface area contributed by atoms with Crippen molar-refractivity contribution in [2.45, 2.75) is 32.9 Å². The topological polar surface area (TPSA) is 41.1 Å². The lowest BCUT2D eigenvalue weighted by atomic mass is 10.1. The first-order chi connectivity index (χ1) is 7.59. The Morgan fingerprint density at radius 3 is 2.38 bits per heavy atom. The first-order valence-electron chi connectivity index (χ1n) is 5.67. The minimum absolute atomic E-state index is 0.0396.